The monoisotopic (exact) mass is 363 g/mol. The molecule has 25 heavy (non-hydrogen) atoms. The first-order valence-corrected chi connectivity index (χ1v) is 8.75. The van der Waals surface area contributed by atoms with Crippen molar-refractivity contribution in [1.82, 2.24) is 5.32 Å². The lowest BCUT2D eigenvalue weighted by molar-refractivity contribution is -0.129. The zero-order valence-electron chi connectivity index (χ0n) is 14.4. The summed E-state index contributed by atoms with van der Waals surface area (Å²) in [6.07, 6.45) is -0.898. The number of amides is 1. The summed E-state index contributed by atoms with van der Waals surface area (Å²) < 4.78 is 15.8. The van der Waals surface area contributed by atoms with E-state index in [0.717, 1.165) is 4.88 Å². The molecule has 0 saturated carbocycles. The van der Waals surface area contributed by atoms with Gasteiger partial charge in [-0.25, -0.2) is 4.79 Å². The zero-order valence-corrected chi connectivity index (χ0v) is 15.2. The molecule has 0 aliphatic rings. The van der Waals surface area contributed by atoms with Crippen LogP contribution in [-0.4, -0.2) is 31.7 Å². The van der Waals surface area contributed by atoms with Crippen molar-refractivity contribution >= 4 is 23.2 Å². The van der Waals surface area contributed by atoms with Gasteiger partial charge in [-0.1, -0.05) is 6.07 Å². The minimum Gasteiger partial charge on any atom is -0.493 e. The van der Waals surface area contributed by atoms with Crippen molar-refractivity contribution in [3.05, 3.63) is 46.2 Å². The number of carbonyl (C=O) groups is 2. The van der Waals surface area contributed by atoms with Crippen molar-refractivity contribution < 1.29 is 23.8 Å². The molecule has 2 rings (SSSR count). The van der Waals surface area contributed by atoms with Crippen molar-refractivity contribution in [3.63, 3.8) is 0 Å². The van der Waals surface area contributed by atoms with E-state index in [1.807, 2.05) is 24.4 Å². The number of thiophene rings is 1. The Morgan fingerprint density at radius 3 is 2.68 bits per heavy atom. The Balaban J connectivity index is 1.95. The van der Waals surface area contributed by atoms with Crippen molar-refractivity contribution in [3.8, 4) is 11.5 Å². The Morgan fingerprint density at radius 2 is 2.04 bits per heavy atom. The van der Waals surface area contributed by atoms with Crippen molar-refractivity contribution in [2.45, 2.75) is 26.5 Å². The first kappa shape index (κ1) is 18.8. The highest BCUT2D eigenvalue weighted by Gasteiger charge is 2.20. The molecule has 1 atom stereocenters. The minimum atomic E-state index is -0.898. The molecule has 0 unspecified atom stereocenters. The van der Waals surface area contributed by atoms with E-state index in [2.05, 4.69) is 5.32 Å². The smallest absolute Gasteiger partial charge is 0.339 e. The molecule has 1 aromatic heterocycles. The average Bonchev–Trinajstić information content (AvgIpc) is 3.13. The second-order valence-corrected chi connectivity index (χ2v) is 6.18. The fraction of sp³-hybridized carbons (Fsp3) is 0.333. The summed E-state index contributed by atoms with van der Waals surface area (Å²) in [5.41, 5.74) is 0.294. The Bertz CT molecular complexity index is 714. The number of ether oxygens (including phenoxy) is 3. The number of benzene rings is 1. The van der Waals surface area contributed by atoms with Crippen LogP contribution in [0.25, 0.3) is 0 Å². The van der Waals surface area contributed by atoms with Crippen LogP contribution in [0.1, 0.15) is 29.1 Å². The number of methoxy groups -OCH3 is 1. The second kappa shape index (κ2) is 9.08. The topological polar surface area (TPSA) is 73.9 Å². The second-order valence-electron chi connectivity index (χ2n) is 5.14. The molecule has 0 aliphatic carbocycles. The molecule has 1 N–H and O–H groups in total. The van der Waals surface area contributed by atoms with Crippen molar-refractivity contribution in [2.75, 3.05) is 13.7 Å². The van der Waals surface area contributed by atoms with Gasteiger partial charge in [0.15, 0.2) is 17.6 Å². The number of carbonyl (C=O) groups excluding carboxylic acids is 2. The lowest BCUT2D eigenvalue weighted by atomic mass is 10.2. The molecule has 0 aliphatic heterocycles. The van der Waals surface area contributed by atoms with Gasteiger partial charge in [0.2, 0.25) is 0 Å². The molecule has 1 amide bonds. The third kappa shape index (κ3) is 5.22. The molecular weight excluding hydrogens is 342 g/mol. The molecule has 0 fully saturated rings. The van der Waals surface area contributed by atoms with E-state index in [1.165, 1.54) is 14.0 Å². The SMILES string of the molecule is CCOc1cc(C(=O)O[C@H](C)C(=O)NCc2cccs2)ccc1OC. The van der Waals surface area contributed by atoms with Crippen LogP contribution in [0.2, 0.25) is 0 Å². The van der Waals surface area contributed by atoms with Crippen molar-refractivity contribution in [2.24, 2.45) is 0 Å². The van der Waals surface area contributed by atoms with Crippen LogP contribution in [0.15, 0.2) is 35.7 Å². The van der Waals surface area contributed by atoms with Crippen LogP contribution in [0, 0.1) is 0 Å². The molecule has 1 aromatic carbocycles. The number of hydrogen-bond acceptors (Lipinski definition) is 6. The molecule has 1 heterocycles. The van der Waals surface area contributed by atoms with E-state index in [0.29, 0.717) is 30.2 Å². The molecular formula is C18H21NO5S. The maximum Gasteiger partial charge on any atom is 0.339 e. The molecule has 0 saturated heterocycles. The lowest BCUT2D eigenvalue weighted by Gasteiger charge is -2.14. The number of esters is 1. The fourth-order valence-corrected chi connectivity index (χ4v) is 2.73. The molecule has 134 valence electrons. The maximum absolute atomic E-state index is 12.3. The van der Waals surface area contributed by atoms with E-state index in [1.54, 1.807) is 29.5 Å². The summed E-state index contributed by atoms with van der Waals surface area (Å²) in [4.78, 5) is 25.3. The van der Waals surface area contributed by atoms with E-state index < -0.39 is 12.1 Å². The zero-order chi connectivity index (χ0) is 18.2. The summed E-state index contributed by atoms with van der Waals surface area (Å²) in [7, 11) is 1.52. The Kier molecular flexibility index (Phi) is 6.82. The van der Waals surface area contributed by atoms with Gasteiger partial charge < -0.3 is 19.5 Å². The Labute approximate surface area is 150 Å². The van der Waals surface area contributed by atoms with Crippen LogP contribution in [-0.2, 0) is 16.1 Å². The lowest BCUT2D eigenvalue weighted by Crippen LogP contribution is -2.35. The minimum absolute atomic E-state index is 0.294. The van der Waals surface area contributed by atoms with Gasteiger partial charge in [-0.2, -0.15) is 0 Å². The number of rotatable bonds is 8. The van der Waals surface area contributed by atoms with E-state index in [9.17, 15) is 9.59 Å². The molecule has 7 heteroatoms. The van der Waals surface area contributed by atoms with E-state index in [4.69, 9.17) is 14.2 Å². The molecule has 0 radical (unpaired) electrons. The van der Waals surface area contributed by atoms with Crippen LogP contribution in [0.3, 0.4) is 0 Å². The van der Waals surface area contributed by atoms with Gasteiger partial charge in [0.25, 0.3) is 5.91 Å². The van der Waals surface area contributed by atoms with Gasteiger partial charge in [-0.15, -0.1) is 11.3 Å². The van der Waals surface area contributed by atoms with Crippen LogP contribution in [0.4, 0.5) is 0 Å². The predicted octanol–water partition coefficient (Wildman–Crippen LogP) is 3.02. The molecule has 2 aromatic rings. The summed E-state index contributed by atoms with van der Waals surface area (Å²) in [5.74, 6) is 0.0389. The Hall–Kier alpha value is -2.54. The highest BCUT2D eigenvalue weighted by molar-refractivity contribution is 7.09. The fourth-order valence-electron chi connectivity index (χ4n) is 2.09. The molecule has 6 nitrogen and oxygen atoms in total. The van der Waals surface area contributed by atoms with E-state index >= 15 is 0 Å². The van der Waals surface area contributed by atoms with Gasteiger partial charge in [0.1, 0.15) is 0 Å². The average molecular weight is 363 g/mol. The Morgan fingerprint density at radius 1 is 1.24 bits per heavy atom. The summed E-state index contributed by atoms with van der Waals surface area (Å²) in [6, 6.07) is 8.58. The van der Waals surface area contributed by atoms with Gasteiger partial charge in [-0.05, 0) is 43.5 Å². The first-order chi connectivity index (χ1) is 12.0. The highest BCUT2D eigenvalue weighted by atomic mass is 32.1. The predicted molar refractivity (Wildman–Crippen MR) is 95.2 cm³/mol. The first-order valence-electron chi connectivity index (χ1n) is 7.87. The third-order valence-electron chi connectivity index (χ3n) is 3.37. The quantitative estimate of drug-likeness (QED) is 0.730. The normalized spacial score (nSPS) is 11.5. The molecule has 0 bridgehead atoms. The van der Waals surface area contributed by atoms with Crippen LogP contribution in [0.5, 0.6) is 11.5 Å². The van der Waals surface area contributed by atoms with Crippen LogP contribution >= 0.6 is 11.3 Å². The van der Waals surface area contributed by atoms with Gasteiger partial charge in [0.05, 0.1) is 25.8 Å². The molecule has 0 spiro atoms. The van der Waals surface area contributed by atoms with Gasteiger partial charge >= 0.3 is 5.97 Å². The van der Waals surface area contributed by atoms with Crippen LogP contribution < -0.4 is 14.8 Å². The summed E-state index contributed by atoms with van der Waals surface area (Å²) in [6.45, 7) is 4.23. The third-order valence-corrected chi connectivity index (χ3v) is 4.25. The van der Waals surface area contributed by atoms with E-state index in [-0.39, 0.29) is 5.91 Å². The summed E-state index contributed by atoms with van der Waals surface area (Å²) >= 11 is 1.55. The largest absolute Gasteiger partial charge is 0.493 e. The van der Waals surface area contributed by atoms with Gasteiger partial charge in [-0.3, -0.25) is 4.79 Å². The number of nitrogens with one attached hydrogen (secondary N) is 1. The standard InChI is InChI=1S/C18H21NO5S/c1-4-23-16-10-13(7-8-15(16)22-3)18(21)24-12(2)17(20)19-11-14-6-5-9-25-14/h5-10,12H,4,11H2,1-3H3,(H,19,20)/t12-/m1/s1. The maximum atomic E-state index is 12.3. The van der Waals surface area contributed by atoms with Crippen molar-refractivity contribution in [1.29, 1.82) is 0 Å². The number of hydrogen-bond donors (Lipinski definition) is 1. The summed E-state index contributed by atoms with van der Waals surface area (Å²) in [5, 5.41) is 4.68. The van der Waals surface area contributed by atoms with Gasteiger partial charge in [0, 0.05) is 4.88 Å². The highest BCUT2D eigenvalue weighted by Crippen LogP contribution is 2.28.